The Morgan fingerprint density at radius 1 is 1.15 bits per heavy atom. The number of ether oxygens (including phenoxy) is 1. The number of fused-ring (bicyclic) bond motifs is 1. The van der Waals surface area contributed by atoms with Crippen molar-refractivity contribution >= 4 is 6.29 Å². The van der Waals surface area contributed by atoms with Crippen molar-refractivity contribution in [1.29, 1.82) is 0 Å². The zero-order chi connectivity index (χ0) is 13.8. The predicted octanol–water partition coefficient (Wildman–Crippen LogP) is 3.88. The summed E-state index contributed by atoms with van der Waals surface area (Å²) in [5.74, 6) is 0.889. The van der Waals surface area contributed by atoms with E-state index in [-0.39, 0.29) is 5.92 Å². The zero-order valence-corrected chi connectivity index (χ0v) is 11.4. The molecule has 0 aromatic heterocycles. The highest BCUT2D eigenvalue weighted by atomic mass is 16.5. The number of hydrogen-bond donors (Lipinski definition) is 0. The second-order valence-electron chi connectivity index (χ2n) is 5.27. The van der Waals surface area contributed by atoms with Crippen LogP contribution in [0.25, 0.3) is 0 Å². The van der Waals surface area contributed by atoms with Crippen LogP contribution in [-0.4, -0.2) is 6.29 Å². The molecule has 0 aliphatic heterocycles. The minimum Gasteiger partial charge on any atom is -0.489 e. The molecule has 0 heterocycles. The minimum atomic E-state index is 0.0408. The molecule has 1 aliphatic rings. The Kier molecular flexibility index (Phi) is 3.82. The van der Waals surface area contributed by atoms with Crippen LogP contribution in [-0.2, 0) is 17.8 Å². The van der Waals surface area contributed by atoms with Gasteiger partial charge in [-0.3, -0.25) is 0 Å². The van der Waals surface area contributed by atoms with Gasteiger partial charge in [0.25, 0.3) is 0 Å². The second-order valence-corrected chi connectivity index (χ2v) is 5.27. The Morgan fingerprint density at radius 3 is 2.80 bits per heavy atom. The molecule has 2 nitrogen and oxygen atoms in total. The predicted molar refractivity (Wildman–Crippen MR) is 79.0 cm³/mol. The Hall–Kier alpha value is -2.09. The van der Waals surface area contributed by atoms with Gasteiger partial charge >= 0.3 is 0 Å². The van der Waals surface area contributed by atoms with Crippen LogP contribution >= 0.6 is 0 Å². The number of carbonyl (C=O) groups is 1. The normalized spacial score (nSPS) is 17.3. The number of hydrogen-bond acceptors (Lipinski definition) is 2. The van der Waals surface area contributed by atoms with Crippen molar-refractivity contribution < 1.29 is 9.53 Å². The summed E-state index contributed by atoms with van der Waals surface area (Å²) in [6.45, 7) is 0.561. The molecular weight excluding hydrogens is 248 g/mol. The quantitative estimate of drug-likeness (QED) is 0.785. The summed E-state index contributed by atoms with van der Waals surface area (Å²) in [6.07, 6.45) is 4.19. The molecule has 3 rings (SSSR count). The van der Waals surface area contributed by atoms with E-state index >= 15 is 0 Å². The summed E-state index contributed by atoms with van der Waals surface area (Å²) in [7, 11) is 0. The van der Waals surface area contributed by atoms with E-state index in [9.17, 15) is 4.79 Å². The molecule has 1 unspecified atom stereocenters. The van der Waals surface area contributed by atoms with Crippen LogP contribution in [0.4, 0.5) is 0 Å². The average molecular weight is 266 g/mol. The first kappa shape index (κ1) is 12.9. The first-order valence-corrected chi connectivity index (χ1v) is 7.11. The van der Waals surface area contributed by atoms with E-state index < -0.39 is 0 Å². The lowest BCUT2D eigenvalue weighted by molar-refractivity contribution is -0.109. The lowest BCUT2D eigenvalue weighted by atomic mass is 9.83. The van der Waals surface area contributed by atoms with Gasteiger partial charge in [-0.15, -0.1) is 0 Å². The molecular formula is C18H18O2. The molecule has 2 aromatic rings. The Labute approximate surface area is 119 Å². The number of rotatable bonds is 4. The lowest BCUT2D eigenvalue weighted by Crippen LogP contribution is -2.11. The Morgan fingerprint density at radius 2 is 2.00 bits per heavy atom. The van der Waals surface area contributed by atoms with Gasteiger partial charge in [-0.1, -0.05) is 36.4 Å². The Balaban J connectivity index is 1.76. The van der Waals surface area contributed by atoms with Crippen molar-refractivity contribution in [1.82, 2.24) is 0 Å². The van der Waals surface area contributed by atoms with Crippen LogP contribution in [0.3, 0.4) is 0 Å². The van der Waals surface area contributed by atoms with Crippen molar-refractivity contribution in [2.45, 2.75) is 31.8 Å². The van der Waals surface area contributed by atoms with Crippen molar-refractivity contribution in [3.8, 4) is 5.75 Å². The third-order valence-corrected chi connectivity index (χ3v) is 3.89. The highest BCUT2D eigenvalue weighted by Gasteiger charge is 2.20. The monoisotopic (exact) mass is 266 g/mol. The van der Waals surface area contributed by atoms with E-state index in [4.69, 9.17) is 4.74 Å². The van der Waals surface area contributed by atoms with Gasteiger partial charge < -0.3 is 9.53 Å². The number of carbonyl (C=O) groups excluding carboxylic acids is 1. The molecule has 102 valence electrons. The molecule has 1 atom stereocenters. The zero-order valence-electron chi connectivity index (χ0n) is 11.4. The average Bonchev–Trinajstić information content (AvgIpc) is 2.53. The lowest BCUT2D eigenvalue weighted by Gasteiger charge is -2.22. The fourth-order valence-electron chi connectivity index (χ4n) is 2.79. The van der Waals surface area contributed by atoms with Gasteiger partial charge in [0.1, 0.15) is 18.6 Å². The van der Waals surface area contributed by atoms with E-state index in [0.717, 1.165) is 42.4 Å². The standard InChI is InChI=1S/C18H18O2/c19-12-16-8-4-7-15-9-10-17(11-18(15)16)20-13-14-5-2-1-3-6-14/h1-3,5-6,9-12,16H,4,7-8,13H2. The van der Waals surface area contributed by atoms with Gasteiger partial charge in [0.15, 0.2) is 0 Å². The SMILES string of the molecule is O=CC1CCCc2ccc(OCc3ccccc3)cc21. The highest BCUT2D eigenvalue weighted by molar-refractivity contribution is 5.64. The molecule has 0 amide bonds. The Bertz CT molecular complexity index is 590. The van der Waals surface area contributed by atoms with Crippen molar-refractivity contribution in [3.05, 3.63) is 65.2 Å². The van der Waals surface area contributed by atoms with Gasteiger partial charge in [-0.25, -0.2) is 0 Å². The minimum absolute atomic E-state index is 0.0408. The molecule has 0 saturated heterocycles. The fourth-order valence-corrected chi connectivity index (χ4v) is 2.79. The van der Waals surface area contributed by atoms with E-state index in [1.807, 2.05) is 42.5 Å². The largest absolute Gasteiger partial charge is 0.489 e. The van der Waals surface area contributed by atoms with E-state index in [1.54, 1.807) is 0 Å². The summed E-state index contributed by atoms with van der Waals surface area (Å²) >= 11 is 0. The first-order chi connectivity index (χ1) is 9.86. The molecule has 2 heteroatoms. The van der Waals surface area contributed by atoms with Gasteiger partial charge in [0.2, 0.25) is 0 Å². The molecule has 0 radical (unpaired) electrons. The molecule has 0 spiro atoms. The van der Waals surface area contributed by atoms with Crippen molar-refractivity contribution in [2.75, 3.05) is 0 Å². The van der Waals surface area contributed by atoms with Crippen LogP contribution < -0.4 is 4.74 Å². The molecule has 0 saturated carbocycles. The van der Waals surface area contributed by atoms with Gasteiger partial charge in [0.05, 0.1) is 0 Å². The maximum atomic E-state index is 11.2. The van der Waals surface area contributed by atoms with Crippen LogP contribution in [0.2, 0.25) is 0 Å². The summed E-state index contributed by atoms with van der Waals surface area (Å²) in [5.41, 5.74) is 3.59. The van der Waals surface area contributed by atoms with Crippen LogP contribution in [0.5, 0.6) is 5.75 Å². The summed E-state index contributed by atoms with van der Waals surface area (Å²) in [5, 5.41) is 0. The maximum absolute atomic E-state index is 11.2. The summed E-state index contributed by atoms with van der Waals surface area (Å²) in [4.78, 5) is 11.2. The van der Waals surface area contributed by atoms with Crippen LogP contribution in [0, 0.1) is 0 Å². The molecule has 20 heavy (non-hydrogen) atoms. The summed E-state index contributed by atoms with van der Waals surface area (Å²) in [6, 6.07) is 16.3. The van der Waals surface area contributed by atoms with E-state index in [2.05, 4.69) is 6.07 Å². The first-order valence-electron chi connectivity index (χ1n) is 7.11. The van der Waals surface area contributed by atoms with Crippen molar-refractivity contribution in [3.63, 3.8) is 0 Å². The van der Waals surface area contributed by atoms with Crippen LogP contribution in [0.1, 0.15) is 35.4 Å². The number of benzene rings is 2. The maximum Gasteiger partial charge on any atom is 0.127 e. The molecule has 0 N–H and O–H groups in total. The number of aryl methyl sites for hydroxylation is 1. The second kappa shape index (κ2) is 5.91. The van der Waals surface area contributed by atoms with E-state index in [1.165, 1.54) is 5.56 Å². The van der Waals surface area contributed by atoms with Gasteiger partial charge in [-0.2, -0.15) is 0 Å². The van der Waals surface area contributed by atoms with Gasteiger partial charge in [-0.05, 0) is 48.1 Å². The fraction of sp³-hybridized carbons (Fsp3) is 0.278. The third kappa shape index (κ3) is 2.74. The molecule has 1 aliphatic carbocycles. The van der Waals surface area contributed by atoms with Crippen LogP contribution in [0.15, 0.2) is 48.5 Å². The third-order valence-electron chi connectivity index (χ3n) is 3.89. The topological polar surface area (TPSA) is 26.3 Å². The summed E-state index contributed by atoms with van der Waals surface area (Å²) < 4.78 is 5.84. The number of aldehydes is 1. The van der Waals surface area contributed by atoms with Crippen molar-refractivity contribution in [2.24, 2.45) is 0 Å². The highest BCUT2D eigenvalue weighted by Crippen LogP contribution is 2.32. The smallest absolute Gasteiger partial charge is 0.127 e. The van der Waals surface area contributed by atoms with E-state index in [0.29, 0.717) is 6.61 Å². The molecule has 2 aromatic carbocycles. The molecule has 0 fully saturated rings. The van der Waals surface area contributed by atoms with Gasteiger partial charge in [0, 0.05) is 5.92 Å². The molecule has 0 bridgehead atoms.